The minimum Gasteiger partial charge on any atom is -0.394 e. The minimum absolute atomic E-state index is 0.168. The lowest BCUT2D eigenvalue weighted by molar-refractivity contribution is -0.153. The second-order valence-corrected chi connectivity index (χ2v) is 3.52. The molecule has 1 heterocycles. The Bertz CT molecular complexity index is 213. The summed E-state index contributed by atoms with van der Waals surface area (Å²) in [5.74, 6) is 0. The van der Waals surface area contributed by atoms with E-state index in [1.165, 1.54) is 7.11 Å². The molecule has 2 N–H and O–H groups in total. The molecule has 1 aliphatic rings. The third-order valence-electron chi connectivity index (χ3n) is 2.14. The van der Waals surface area contributed by atoms with Crippen LogP contribution in [0, 0.1) is 0 Å². The molecule has 0 aliphatic carbocycles. The molecular formula is C9H17NO4. The van der Waals surface area contributed by atoms with Crippen molar-refractivity contribution in [1.29, 1.82) is 0 Å². The second kappa shape index (κ2) is 4.84. The number of ether oxygens (including phenoxy) is 2. The number of hydrogen-bond acceptors (Lipinski definition) is 5. The van der Waals surface area contributed by atoms with Crippen LogP contribution < -0.4 is 0 Å². The summed E-state index contributed by atoms with van der Waals surface area (Å²) in [6.07, 6.45) is -1.99. The summed E-state index contributed by atoms with van der Waals surface area (Å²) in [7, 11) is 1.45. The lowest BCUT2D eigenvalue weighted by Gasteiger charge is -2.14. The number of aliphatic imine (C=N–C) groups is 1. The lowest BCUT2D eigenvalue weighted by Crippen LogP contribution is -2.33. The van der Waals surface area contributed by atoms with E-state index in [4.69, 9.17) is 14.6 Å². The summed E-state index contributed by atoms with van der Waals surface area (Å²) >= 11 is 0. The van der Waals surface area contributed by atoms with E-state index in [-0.39, 0.29) is 6.61 Å². The zero-order valence-electron chi connectivity index (χ0n) is 8.67. The average molecular weight is 203 g/mol. The molecule has 1 rings (SSSR count). The Morgan fingerprint density at radius 3 is 2.57 bits per heavy atom. The molecule has 4 atom stereocenters. The molecule has 1 aliphatic heterocycles. The van der Waals surface area contributed by atoms with Gasteiger partial charge in [-0.05, 0) is 13.8 Å². The molecule has 0 bridgehead atoms. The number of aliphatic hydroxyl groups excluding tert-OH is 2. The largest absolute Gasteiger partial charge is 0.394 e. The van der Waals surface area contributed by atoms with Crippen molar-refractivity contribution >= 4 is 5.71 Å². The molecule has 1 saturated heterocycles. The van der Waals surface area contributed by atoms with Crippen LogP contribution in [-0.4, -0.2) is 54.2 Å². The first kappa shape index (κ1) is 11.6. The number of aliphatic hydroxyl groups is 2. The van der Waals surface area contributed by atoms with Gasteiger partial charge in [0.15, 0.2) is 6.29 Å². The molecule has 0 aromatic rings. The van der Waals surface area contributed by atoms with Crippen LogP contribution in [0.3, 0.4) is 0 Å². The molecule has 0 aromatic heterocycles. The molecule has 0 aromatic carbocycles. The monoisotopic (exact) mass is 203 g/mol. The van der Waals surface area contributed by atoms with Crippen molar-refractivity contribution < 1.29 is 19.7 Å². The Kier molecular flexibility index (Phi) is 4.00. The summed E-state index contributed by atoms with van der Waals surface area (Å²) in [5.41, 5.74) is 0.841. The molecule has 0 spiro atoms. The average Bonchev–Trinajstić information content (AvgIpc) is 2.43. The lowest BCUT2D eigenvalue weighted by atomic mass is 10.1. The number of hydrogen-bond donors (Lipinski definition) is 2. The molecular weight excluding hydrogens is 186 g/mol. The Balaban J connectivity index is 2.75. The molecule has 1 fully saturated rings. The molecule has 0 radical (unpaired) electrons. The first-order valence-corrected chi connectivity index (χ1v) is 4.58. The van der Waals surface area contributed by atoms with Gasteiger partial charge in [-0.3, -0.25) is 4.99 Å². The molecule has 0 amide bonds. The van der Waals surface area contributed by atoms with Gasteiger partial charge in [-0.15, -0.1) is 0 Å². The van der Waals surface area contributed by atoms with Gasteiger partial charge in [-0.2, -0.15) is 0 Å². The van der Waals surface area contributed by atoms with Gasteiger partial charge in [0.1, 0.15) is 18.2 Å². The van der Waals surface area contributed by atoms with Gasteiger partial charge >= 0.3 is 0 Å². The van der Waals surface area contributed by atoms with Crippen LogP contribution in [0.5, 0.6) is 0 Å². The summed E-state index contributed by atoms with van der Waals surface area (Å²) in [4.78, 5) is 4.21. The van der Waals surface area contributed by atoms with Gasteiger partial charge < -0.3 is 19.7 Å². The van der Waals surface area contributed by atoms with Crippen LogP contribution in [0.1, 0.15) is 13.8 Å². The summed E-state index contributed by atoms with van der Waals surface area (Å²) in [6, 6.07) is -0.435. The van der Waals surface area contributed by atoms with Crippen LogP contribution in [0.25, 0.3) is 0 Å². The highest BCUT2D eigenvalue weighted by molar-refractivity contribution is 5.79. The van der Waals surface area contributed by atoms with E-state index in [1.54, 1.807) is 0 Å². The number of rotatable bonds is 3. The van der Waals surface area contributed by atoms with Crippen molar-refractivity contribution in [2.24, 2.45) is 4.99 Å². The third kappa shape index (κ3) is 2.30. The van der Waals surface area contributed by atoms with Crippen molar-refractivity contribution in [3.63, 3.8) is 0 Å². The maximum absolute atomic E-state index is 9.73. The van der Waals surface area contributed by atoms with E-state index in [9.17, 15) is 5.11 Å². The Hall–Kier alpha value is -0.490. The highest BCUT2D eigenvalue weighted by Gasteiger charge is 2.43. The SMILES string of the molecule is CO[C@H]1O[C@H](CO)[C@H](N=C(C)C)[C@H]1O. The second-order valence-electron chi connectivity index (χ2n) is 3.52. The first-order valence-electron chi connectivity index (χ1n) is 4.58. The highest BCUT2D eigenvalue weighted by Crippen LogP contribution is 2.24. The van der Waals surface area contributed by atoms with Crippen LogP contribution in [0.2, 0.25) is 0 Å². The molecule has 14 heavy (non-hydrogen) atoms. The van der Waals surface area contributed by atoms with Crippen molar-refractivity contribution in [2.45, 2.75) is 38.4 Å². The van der Waals surface area contributed by atoms with Crippen LogP contribution in [0.4, 0.5) is 0 Å². The fourth-order valence-electron chi connectivity index (χ4n) is 1.52. The van der Waals surface area contributed by atoms with Gasteiger partial charge in [0.25, 0.3) is 0 Å². The smallest absolute Gasteiger partial charge is 0.185 e. The van der Waals surface area contributed by atoms with Crippen LogP contribution in [-0.2, 0) is 9.47 Å². The van der Waals surface area contributed by atoms with E-state index in [2.05, 4.69) is 4.99 Å². The van der Waals surface area contributed by atoms with E-state index in [1.807, 2.05) is 13.8 Å². The fourth-order valence-corrected chi connectivity index (χ4v) is 1.52. The highest BCUT2D eigenvalue weighted by atomic mass is 16.7. The first-order chi connectivity index (χ1) is 6.60. The normalized spacial score (nSPS) is 37.2. The zero-order chi connectivity index (χ0) is 10.7. The van der Waals surface area contributed by atoms with E-state index in [0.29, 0.717) is 0 Å². The van der Waals surface area contributed by atoms with Gasteiger partial charge in [0.05, 0.1) is 6.61 Å². The quantitative estimate of drug-likeness (QED) is 0.610. The maximum atomic E-state index is 9.73. The molecule has 5 heteroatoms. The molecule has 0 saturated carbocycles. The van der Waals surface area contributed by atoms with E-state index < -0.39 is 24.5 Å². The Morgan fingerprint density at radius 2 is 2.14 bits per heavy atom. The summed E-state index contributed by atoms with van der Waals surface area (Å²) in [5, 5.41) is 18.8. The third-order valence-corrected chi connectivity index (χ3v) is 2.14. The van der Waals surface area contributed by atoms with Crippen molar-refractivity contribution in [3.05, 3.63) is 0 Å². The standard InChI is InChI=1S/C9H17NO4/c1-5(2)10-7-6(4-11)14-9(13-3)8(7)12/h6-9,11-12H,4H2,1-3H3/t6-,7+,8-,9+/m1/s1. The summed E-state index contributed by atoms with van der Waals surface area (Å²) < 4.78 is 10.2. The predicted molar refractivity (Wildman–Crippen MR) is 51.3 cm³/mol. The van der Waals surface area contributed by atoms with Gasteiger partial charge in [0, 0.05) is 12.8 Å². The Morgan fingerprint density at radius 1 is 1.50 bits per heavy atom. The van der Waals surface area contributed by atoms with Crippen molar-refractivity contribution in [1.82, 2.24) is 0 Å². The molecule has 82 valence electrons. The predicted octanol–water partition coefficient (Wildman–Crippen LogP) is -0.440. The van der Waals surface area contributed by atoms with Crippen LogP contribution in [0.15, 0.2) is 4.99 Å². The topological polar surface area (TPSA) is 71.3 Å². The van der Waals surface area contributed by atoms with E-state index >= 15 is 0 Å². The minimum atomic E-state index is -0.813. The summed E-state index contributed by atoms with van der Waals surface area (Å²) in [6.45, 7) is 3.50. The fraction of sp³-hybridized carbons (Fsp3) is 0.889. The number of methoxy groups -OCH3 is 1. The molecule has 5 nitrogen and oxygen atoms in total. The van der Waals surface area contributed by atoms with Gasteiger partial charge in [-0.25, -0.2) is 0 Å². The Labute approximate surface area is 83.4 Å². The van der Waals surface area contributed by atoms with E-state index in [0.717, 1.165) is 5.71 Å². The van der Waals surface area contributed by atoms with Crippen molar-refractivity contribution in [2.75, 3.05) is 13.7 Å². The maximum Gasteiger partial charge on any atom is 0.185 e. The van der Waals surface area contributed by atoms with Gasteiger partial charge in [0.2, 0.25) is 0 Å². The zero-order valence-corrected chi connectivity index (χ0v) is 8.67. The van der Waals surface area contributed by atoms with Crippen LogP contribution >= 0.6 is 0 Å². The molecule has 0 unspecified atom stereocenters. The van der Waals surface area contributed by atoms with Crippen molar-refractivity contribution in [3.8, 4) is 0 Å². The number of nitrogens with zero attached hydrogens (tertiary/aromatic N) is 1. The van der Waals surface area contributed by atoms with Gasteiger partial charge in [-0.1, -0.05) is 0 Å².